The Hall–Kier alpha value is -4.02. The van der Waals surface area contributed by atoms with Crippen molar-refractivity contribution in [2.24, 2.45) is 5.73 Å². The molecule has 1 aliphatic heterocycles. The van der Waals surface area contributed by atoms with Gasteiger partial charge in [0.25, 0.3) is 0 Å². The summed E-state index contributed by atoms with van der Waals surface area (Å²) in [4.78, 5) is 13.8. The Balaban J connectivity index is 1.48. The monoisotopic (exact) mass is 442 g/mol. The van der Waals surface area contributed by atoms with Crippen LogP contribution >= 0.6 is 11.3 Å². The molecule has 0 fully saturated rings. The molecular weight excluding hydrogens is 424 g/mol. The molecule has 0 saturated carbocycles. The maximum atomic E-state index is 12.8. The van der Waals surface area contributed by atoms with Crippen LogP contribution in [-0.2, 0) is 0 Å². The number of nitrogens with two attached hydrogens (primary N) is 1. The van der Waals surface area contributed by atoms with Crippen LogP contribution in [0.3, 0.4) is 0 Å². The summed E-state index contributed by atoms with van der Waals surface area (Å²) in [6, 6.07) is 16.9. The van der Waals surface area contributed by atoms with E-state index in [4.69, 9.17) is 19.6 Å². The molecule has 0 aliphatic carbocycles. The Morgan fingerprint density at radius 3 is 2.78 bits per heavy atom. The zero-order valence-electron chi connectivity index (χ0n) is 17.3. The first kappa shape index (κ1) is 19.9. The highest BCUT2D eigenvalue weighted by atomic mass is 32.1. The highest BCUT2D eigenvalue weighted by molar-refractivity contribution is 7.10. The fraction of sp³-hybridized carbons (Fsp3) is 0.120. The Kier molecular flexibility index (Phi) is 4.72. The zero-order chi connectivity index (χ0) is 22.4. The molecule has 3 heterocycles. The first-order valence-corrected chi connectivity index (χ1v) is 10.8. The van der Waals surface area contributed by atoms with Gasteiger partial charge in [0.2, 0.25) is 11.6 Å². The van der Waals surface area contributed by atoms with Crippen LogP contribution in [0.2, 0.25) is 0 Å². The van der Waals surface area contributed by atoms with Crippen molar-refractivity contribution in [3.63, 3.8) is 0 Å². The summed E-state index contributed by atoms with van der Waals surface area (Å²) in [5.74, 6) is 0.0276. The van der Waals surface area contributed by atoms with E-state index in [1.54, 1.807) is 18.2 Å². The molecule has 0 radical (unpaired) electrons. The first-order chi connectivity index (χ1) is 15.5. The Morgan fingerprint density at radius 2 is 2.03 bits per heavy atom. The highest BCUT2D eigenvalue weighted by Crippen LogP contribution is 2.44. The smallest absolute Gasteiger partial charge is 0.379 e. The predicted molar refractivity (Wildman–Crippen MR) is 121 cm³/mol. The van der Waals surface area contributed by atoms with Gasteiger partial charge < -0.3 is 19.6 Å². The normalized spacial score (nSPS) is 15.2. The number of rotatable bonds is 3. The quantitative estimate of drug-likeness (QED) is 0.330. The van der Waals surface area contributed by atoms with Gasteiger partial charge in [0.05, 0.1) is 5.92 Å². The van der Waals surface area contributed by atoms with Crippen molar-refractivity contribution in [1.82, 2.24) is 0 Å². The molecule has 2 aromatic heterocycles. The number of furan rings is 1. The number of benzene rings is 2. The van der Waals surface area contributed by atoms with Crippen molar-refractivity contribution >= 4 is 28.3 Å². The van der Waals surface area contributed by atoms with Crippen molar-refractivity contribution in [3.8, 4) is 17.6 Å². The fourth-order valence-corrected chi connectivity index (χ4v) is 4.78. The summed E-state index contributed by atoms with van der Waals surface area (Å²) < 4.78 is 17.1. The average molecular weight is 442 g/mol. The van der Waals surface area contributed by atoms with Crippen LogP contribution in [0, 0.1) is 25.2 Å². The lowest BCUT2D eigenvalue weighted by Crippen LogP contribution is -2.20. The molecule has 2 N–H and O–H groups in total. The standard InChI is InChI=1S/C25H18N2O4S/c1-13-5-7-16-14(2)23(30-19(16)10-13)25(28)29-15-6-8-17-20(11-15)31-24(27)18(12-26)22(17)21-4-3-9-32-21/h3-11,22H,27H2,1-2H3. The molecule has 0 saturated heterocycles. The third-order valence-corrected chi connectivity index (χ3v) is 6.45. The second kappa shape index (κ2) is 7.59. The van der Waals surface area contributed by atoms with Gasteiger partial charge in [0.1, 0.15) is 28.7 Å². The molecular formula is C25H18N2O4S. The zero-order valence-corrected chi connectivity index (χ0v) is 18.2. The van der Waals surface area contributed by atoms with E-state index in [-0.39, 0.29) is 17.6 Å². The SMILES string of the molecule is Cc1ccc2c(C)c(C(=O)Oc3ccc4c(c3)OC(N)=C(C#N)C4c3cccs3)oc2c1. The van der Waals surface area contributed by atoms with E-state index in [9.17, 15) is 10.1 Å². The maximum absolute atomic E-state index is 12.8. The van der Waals surface area contributed by atoms with Crippen LogP contribution in [0.1, 0.15) is 38.0 Å². The lowest BCUT2D eigenvalue weighted by atomic mass is 9.88. The topological polar surface area (TPSA) is 98.5 Å². The van der Waals surface area contributed by atoms with Crippen molar-refractivity contribution in [1.29, 1.82) is 5.26 Å². The van der Waals surface area contributed by atoms with Gasteiger partial charge in [-0.3, -0.25) is 0 Å². The summed E-state index contributed by atoms with van der Waals surface area (Å²) >= 11 is 1.54. The summed E-state index contributed by atoms with van der Waals surface area (Å²) in [6.45, 7) is 3.79. The minimum atomic E-state index is -0.594. The number of thiophene rings is 1. The number of nitriles is 1. The summed E-state index contributed by atoms with van der Waals surface area (Å²) in [6.07, 6.45) is 0. The fourth-order valence-electron chi connectivity index (χ4n) is 3.93. The number of fused-ring (bicyclic) bond motifs is 2. The molecule has 7 heteroatoms. The lowest BCUT2D eigenvalue weighted by Gasteiger charge is -2.25. The highest BCUT2D eigenvalue weighted by Gasteiger charge is 2.32. The Labute approximate surface area is 188 Å². The van der Waals surface area contributed by atoms with E-state index < -0.39 is 5.97 Å². The largest absolute Gasteiger partial charge is 0.449 e. The van der Waals surface area contributed by atoms with E-state index in [0.29, 0.717) is 22.7 Å². The number of ether oxygens (including phenoxy) is 2. The summed E-state index contributed by atoms with van der Waals surface area (Å²) in [7, 11) is 0. The van der Waals surface area contributed by atoms with Gasteiger partial charge in [-0.15, -0.1) is 11.3 Å². The number of hydrogen-bond donors (Lipinski definition) is 1. The van der Waals surface area contributed by atoms with Crippen LogP contribution in [0.25, 0.3) is 11.0 Å². The van der Waals surface area contributed by atoms with E-state index in [2.05, 4.69) is 6.07 Å². The van der Waals surface area contributed by atoms with E-state index in [1.165, 1.54) is 11.3 Å². The molecule has 158 valence electrons. The molecule has 0 bridgehead atoms. The molecule has 4 aromatic rings. The summed E-state index contributed by atoms with van der Waals surface area (Å²) in [5, 5.41) is 12.4. The third kappa shape index (κ3) is 3.22. The van der Waals surface area contributed by atoms with Crippen LogP contribution in [0.4, 0.5) is 0 Å². The molecule has 5 rings (SSSR count). The van der Waals surface area contributed by atoms with Gasteiger partial charge >= 0.3 is 5.97 Å². The van der Waals surface area contributed by atoms with Crippen molar-refractivity contribution in [2.75, 3.05) is 0 Å². The number of hydrogen-bond acceptors (Lipinski definition) is 7. The van der Waals surface area contributed by atoms with Gasteiger partial charge in [-0.25, -0.2) is 4.79 Å². The molecule has 6 nitrogen and oxygen atoms in total. The maximum Gasteiger partial charge on any atom is 0.379 e. The number of esters is 1. The minimum absolute atomic E-state index is 0.0466. The van der Waals surface area contributed by atoms with Gasteiger partial charge in [0.15, 0.2) is 0 Å². The van der Waals surface area contributed by atoms with Crippen molar-refractivity contribution in [3.05, 3.63) is 92.7 Å². The second-order valence-corrected chi connectivity index (χ2v) is 8.56. The average Bonchev–Trinajstić information content (AvgIpc) is 3.40. The Bertz CT molecular complexity index is 1440. The van der Waals surface area contributed by atoms with Crippen LogP contribution in [-0.4, -0.2) is 5.97 Å². The van der Waals surface area contributed by atoms with Gasteiger partial charge in [0, 0.05) is 27.5 Å². The van der Waals surface area contributed by atoms with Crippen LogP contribution < -0.4 is 15.2 Å². The van der Waals surface area contributed by atoms with Gasteiger partial charge in [-0.05, 0) is 43.0 Å². The van der Waals surface area contributed by atoms with Gasteiger partial charge in [-0.1, -0.05) is 24.3 Å². The number of carbonyl (C=O) groups is 1. The second-order valence-electron chi connectivity index (χ2n) is 7.59. The minimum Gasteiger partial charge on any atom is -0.449 e. The molecule has 32 heavy (non-hydrogen) atoms. The van der Waals surface area contributed by atoms with Crippen LogP contribution in [0.5, 0.6) is 11.5 Å². The molecule has 2 aromatic carbocycles. The molecule has 0 spiro atoms. The van der Waals surface area contributed by atoms with E-state index >= 15 is 0 Å². The molecule has 1 unspecified atom stereocenters. The number of nitrogens with zero attached hydrogens (tertiary/aromatic N) is 1. The molecule has 1 atom stereocenters. The predicted octanol–water partition coefficient (Wildman–Crippen LogP) is 5.55. The molecule has 0 amide bonds. The van der Waals surface area contributed by atoms with Crippen molar-refractivity contribution in [2.45, 2.75) is 19.8 Å². The summed E-state index contributed by atoms with van der Waals surface area (Å²) in [5.41, 5.74) is 9.59. The first-order valence-electron chi connectivity index (χ1n) is 9.93. The number of carbonyl (C=O) groups excluding carboxylic acids is 1. The van der Waals surface area contributed by atoms with Gasteiger partial charge in [-0.2, -0.15) is 5.26 Å². The third-order valence-electron chi connectivity index (χ3n) is 5.51. The van der Waals surface area contributed by atoms with Crippen LogP contribution in [0.15, 0.2) is 69.8 Å². The van der Waals surface area contributed by atoms with Crippen molar-refractivity contribution < 1.29 is 18.7 Å². The molecule has 1 aliphatic rings. The van der Waals surface area contributed by atoms with E-state index in [1.807, 2.05) is 49.6 Å². The number of allylic oxidation sites excluding steroid dienone is 1. The lowest BCUT2D eigenvalue weighted by molar-refractivity contribution is 0.0702. The number of aryl methyl sites for hydroxylation is 2. The van der Waals surface area contributed by atoms with E-state index in [0.717, 1.165) is 27.0 Å². The Morgan fingerprint density at radius 1 is 1.19 bits per heavy atom.